The summed E-state index contributed by atoms with van der Waals surface area (Å²) in [6, 6.07) is 0. The fraction of sp³-hybridized carbons (Fsp3) is 1.00. The first-order valence-corrected chi connectivity index (χ1v) is 9.71. The van der Waals surface area contributed by atoms with Gasteiger partial charge in [-0.1, -0.05) is 0 Å². The van der Waals surface area contributed by atoms with E-state index in [9.17, 15) is 22.1 Å². The van der Waals surface area contributed by atoms with E-state index in [1.807, 2.05) is 0 Å². The number of rotatable bonds is 11. The molecule has 0 N–H and O–H groups in total. The zero-order chi connectivity index (χ0) is 17.7. The Balaban J connectivity index is 6.11. The van der Waals surface area contributed by atoms with Crippen LogP contribution in [0, 0.1) is 0 Å². The fourth-order valence-electron chi connectivity index (χ4n) is 1.63. The Hall–Kier alpha value is -0.0331. The SMILES string of the molecule is CCO[Si](OCC)(OCC)C(F)(F)C(F)(F)P(=O)(OC)OC. The Morgan fingerprint density at radius 3 is 1.41 bits per heavy atom. The molecule has 0 heterocycles. The van der Waals surface area contributed by atoms with Gasteiger partial charge in [0, 0.05) is 34.0 Å². The van der Waals surface area contributed by atoms with E-state index < -0.39 is 27.6 Å². The van der Waals surface area contributed by atoms with Crippen molar-refractivity contribution in [3.05, 3.63) is 0 Å². The van der Waals surface area contributed by atoms with Gasteiger partial charge < -0.3 is 22.3 Å². The molecule has 0 aromatic heterocycles. The van der Waals surface area contributed by atoms with E-state index >= 15 is 0 Å². The Kier molecular flexibility index (Phi) is 8.17. The minimum atomic E-state index is -5.46. The van der Waals surface area contributed by atoms with Crippen molar-refractivity contribution in [1.29, 1.82) is 0 Å². The van der Waals surface area contributed by atoms with Gasteiger partial charge in [0.05, 0.1) is 0 Å². The van der Waals surface area contributed by atoms with E-state index in [1.165, 1.54) is 20.8 Å². The lowest BCUT2D eigenvalue weighted by atomic mass is 10.7. The molecule has 22 heavy (non-hydrogen) atoms. The quantitative estimate of drug-likeness (QED) is 0.315. The molecule has 0 spiro atoms. The van der Waals surface area contributed by atoms with Gasteiger partial charge in [-0.05, 0) is 20.8 Å². The molecule has 134 valence electrons. The van der Waals surface area contributed by atoms with E-state index in [0.29, 0.717) is 14.2 Å². The van der Waals surface area contributed by atoms with Gasteiger partial charge in [-0.3, -0.25) is 4.57 Å². The molecule has 12 heteroatoms. The highest BCUT2D eigenvalue weighted by Crippen LogP contribution is 2.67. The molecule has 0 radical (unpaired) electrons. The predicted octanol–water partition coefficient (Wildman–Crippen LogP) is 3.29. The first kappa shape index (κ1) is 22.0. The summed E-state index contributed by atoms with van der Waals surface area (Å²) in [6.45, 7) is 2.88. The van der Waals surface area contributed by atoms with E-state index in [2.05, 4.69) is 9.05 Å². The molecular formula is C10H21F4O6PSi. The second-order valence-corrected chi connectivity index (χ2v) is 8.73. The molecule has 0 saturated heterocycles. The van der Waals surface area contributed by atoms with E-state index in [-0.39, 0.29) is 19.8 Å². The minimum absolute atomic E-state index is 0.359. The molecule has 0 aromatic carbocycles. The van der Waals surface area contributed by atoms with Crippen molar-refractivity contribution in [2.45, 2.75) is 32.0 Å². The predicted molar refractivity (Wildman–Crippen MR) is 72.2 cm³/mol. The average Bonchev–Trinajstić information content (AvgIpc) is 2.46. The van der Waals surface area contributed by atoms with Gasteiger partial charge >= 0.3 is 27.6 Å². The van der Waals surface area contributed by atoms with Gasteiger partial charge in [0.1, 0.15) is 0 Å². The number of alkyl halides is 4. The molecule has 0 rings (SSSR count). The summed E-state index contributed by atoms with van der Waals surface area (Å²) >= 11 is 0. The zero-order valence-electron chi connectivity index (χ0n) is 13.0. The monoisotopic (exact) mass is 372 g/mol. The van der Waals surface area contributed by atoms with Crippen molar-refractivity contribution in [2.75, 3.05) is 34.0 Å². The van der Waals surface area contributed by atoms with Crippen LogP contribution in [-0.2, 0) is 26.9 Å². The first-order valence-electron chi connectivity index (χ1n) is 6.44. The highest BCUT2D eigenvalue weighted by molar-refractivity contribution is 7.55. The maximum atomic E-state index is 14.6. The lowest BCUT2D eigenvalue weighted by Gasteiger charge is -2.39. The lowest BCUT2D eigenvalue weighted by molar-refractivity contribution is -0.165. The van der Waals surface area contributed by atoms with Crippen LogP contribution in [0.5, 0.6) is 0 Å². The summed E-state index contributed by atoms with van der Waals surface area (Å²) in [7, 11) is -9.51. The molecule has 0 aliphatic heterocycles. The molecule has 0 unspecified atom stereocenters. The highest BCUT2D eigenvalue weighted by atomic mass is 31.2. The van der Waals surface area contributed by atoms with Crippen LogP contribution in [0.3, 0.4) is 0 Å². The third-order valence-corrected chi connectivity index (χ3v) is 7.82. The summed E-state index contributed by atoms with van der Waals surface area (Å²) in [4.78, 5) is 0. The van der Waals surface area contributed by atoms with Crippen molar-refractivity contribution < 1.29 is 44.5 Å². The summed E-state index contributed by atoms with van der Waals surface area (Å²) in [5.74, 6) is 0. The van der Waals surface area contributed by atoms with Crippen LogP contribution in [0.25, 0.3) is 0 Å². The Labute approximate surface area is 127 Å². The summed E-state index contributed by atoms with van der Waals surface area (Å²) in [5.41, 5.74) is -10.2. The van der Waals surface area contributed by atoms with Crippen molar-refractivity contribution in [3.8, 4) is 0 Å². The Bertz CT molecular complexity index is 373. The normalized spacial score (nSPS) is 14.4. The van der Waals surface area contributed by atoms with Crippen LogP contribution >= 0.6 is 7.60 Å². The Morgan fingerprint density at radius 2 is 1.18 bits per heavy atom. The van der Waals surface area contributed by atoms with Crippen molar-refractivity contribution >= 4 is 16.4 Å². The standard InChI is InChI=1S/C10H21F4O6PSi/c1-6-18-22(19-7-2,20-8-3)10(13,14)9(11,12)21(15,16-4)17-5/h6-8H2,1-5H3. The van der Waals surface area contributed by atoms with Crippen LogP contribution in [-0.4, -0.2) is 54.1 Å². The molecule has 6 nitrogen and oxygen atoms in total. The third-order valence-electron chi connectivity index (χ3n) is 2.59. The lowest BCUT2D eigenvalue weighted by Crippen LogP contribution is -2.68. The maximum Gasteiger partial charge on any atom is 0.582 e. The summed E-state index contributed by atoms with van der Waals surface area (Å²) in [5, 5.41) is 0. The van der Waals surface area contributed by atoms with Crippen LogP contribution in [0.1, 0.15) is 20.8 Å². The smallest absolute Gasteiger partial charge is 0.370 e. The largest absolute Gasteiger partial charge is 0.582 e. The molecule has 0 amide bonds. The Morgan fingerprint density at radius 1 is 0.864 bits per heavy atom. The highest BCUT2D eigenvalue weighted by Gasteiger charge is 2.83. The summed E-state index contributed by atoms with van der Waals surface area (Å²) in [6.07, 6.45) is 0. The number of halogens is 4. The minimum Gasteiger partial charge on any atom is -0.370 e. The maximum absolute atomic E-state index is 14.6. The van der Waals surface area contributed by atoms with Gasteiger partial charge in [-0.2, -0.15) is 17.6 Å². The van der Waals surface area contributed by atoms with Gasteiger partial charge in [0.2, 0.25) is 0 Å². The molecule has 0 fully saturated rings. The van der Waals surface area contributed by atoms with Crippen LogP contribution in [0.2, 0.25) is 0 Å². The molecule has 0 bridgehead atoms. The van der Waals surface area contributed by atoms with Crippen LogP contribution < -0.4 is 0 Å². The van der Waals surface area contributed by atoms with Gasteiger partial charge in [0.25, 0.3) is 0 Å². The molecule has 0 aromatic rings. The summed E-state index contributed by atoms with van der Waals surface area (Å²) < 4.78 is 91.9. The van der Waals surface area contributed by atoms with Gasteiger partial charge in [0.15, 0.2) is 0 Å². The van der Waals surface area contributed by atoms with Crippen molar-refractivity contribution in [1.82, 2.24) is 0 Å². The number of hydrogen-bond donors (Lipinski definition) is 0. The van der Waals surface area contributed by atoms with E-state index in [4.69, 9.17) is 13.3 Å². The van der Waals surface area contributed by atoms with Gasteiger partial charge in [-0.25, -0.2) is 0 Å². The van der Waals surface area contributed by atoms with Crippen LogP contribution in [0.4, 0.5) is 17.6 Å². The van der Waals surface area contributed by atoms with Gasteiger partial charge in [-0.15, -0.1) is 0 Å². The fourth-order valence-corrected chi connectivity index (χ4v) is 5.70. The van der Waals surface area contributed by atoms with Crippen molar-refractivity contribution in [2.24, 2.45) is 0 Å². The molecular weight excluding hydrogens is 351 g/mol. The molecule has 0 aliphatic rings. The van der Waals surface area contributed by atoms with Crippen LogP contribution in [0.15, 0.2) is 0 Å². The molecule has 0 aliphatic carbocycles. The third kappa shape index (κ3) is 3.55. The van der Waals surface area contributed by atoms with Crippen molar-refractivity contribution in [3.63, 3.8) is 0 Å². The topological polar surface area (TPSA) is 63.2 Å². The number of hydrogen-bond acceptors (Lipinski definition) is 6. The van der Waals surface area contributed by atoms with E-state index in [0.717, 1.165) is 0 Å². The molecule has 0 atom stereocenters. The van der Waals surface area contributed by atoms with E-state index in [1.54, 1.807) is 0 Å². The average molecular weight is 372 g/mol. The second-order valence-electron chi connectivity index (χ2n) is 3.83. The second kappa shape index (κ2) is 8.18. The first-order chi connectivity index (χ1) is 10.1. The zero-order valence-corrected chi connectivity index (χ0v) is 14.9. The molecule has 0 saturated carbocycles.